The monoisotopic (exact) mass is 387 g/mol. The average molecular weight is 388 g/mol. The number of amides is 1. The van der Waals surface area contributed by atoms with E-state index in [1.807, 2.05) is 39.0 Å². The highest BCUT2D eigenvalue weighted by Gasteiger charge is 2.33. The van der Waals surface area contributed by atoms with Gasteiger partial charge in [-0.1, -0.05) is 23.8 Å². The number of benzene rings is 1. The lowest BCUT2D eigenvalue weighted by molar-refractivity contribution is -0.120. The van der Waals surface area contributed by atoms with E-state index in [1.54, 1.807) is 18.3 Å². The molecule has 0 bridgehead atoms. The standard InChI is InChI=1S/C20H25N3O3S/c1-14-12-15(2)19(16(3)13-14)27(25,26)23-10-7-17(8-11-23)20(24)22-18-6-4-5-9-21-18/h4-6,9,12-13,17H,7-8,10-11H2,1-3H3,(H,21,22,24). The molecule has 1 aliphatic rings. The van der Waals surface area contributed by atoms with Crippen molar-refractivity contribution in [3.05, 3.63) is 53.2 Å². The molecule has 3 rings (SSSR count). The first-order valence-corrected chi connectivity index (χ1v) is 10.5. The second-order valence-electron chi connectivity index (χ2n) is 7.11. The van der Waals surface area contributed by atoms with E-state index >= 15 is 0 Å². The van der Waals surface area contributed by atoms with Gasteiger partial charge < -0.3 is 5.32 Å². The third-order valence-corrected chi connectivity index (χ3v) is 7.15. The molecule has 2 aromatic rings. The number of hydrogen-bond acceptors (Lipinski definition) is 4. The summed E-state index contributed by atoms with van der Waals surface area (Å²) in [6, 6.07) is 9.12. The van der Waals surface area contributed by atoms with Crippen LogP contribution in [-0.4, -0.2) is 36.7 Å². The fourth-order valence-corrected chi connectivity index (χ4v) is 5.61. The van der Waals surface area contributed by atoms with Gasteiger partial charge in [0.1, 0.15) is 5.82 Å². The Kier molecular flexibility index (Phi) is 5.62. The number of carbonyl (C=O) groups is 1. The zero-order chi connectivity index (χ0) is 19.6. The van der Waals surface area contributed by atoms with Gasteiger partial charge in [-0.25, -0.2) is 13.4 Å². The Morgan fingerprint density at radius 3 is 2.30 bits per heavy atom. The molecule has 1 aromatic heterocycles. The van der Waals surface area contributed by atoms with Crippen LogP contribution in [0.25, 0.3) is 0 Å². The van der Waals surface area contributed by atoms with Crippen LogP contribution >= 0.6 is 0 Å². The Labute approximate surface area is 160 Å². The van der Waals surface area contributed by atoms with Gasteiger partial charge in [-0.2, -0.15) is 4.31 Å². The highest BCUT2D eigenvalue weighted by atomic mass is 32.2. The number of nitrogens with zero attached hydrogens (tertiary/aromatic N) is 2. The first-order chi connectivity index (χ1) is 12.8. The maximum absolute atomic E-state index is 13.1. The molecule has 7 heteroatoms. The number of sulfonamides is 1. The fraction of sp³-hybridized carbons (Fsp3) is 0.400. The van der Waals surface area contributed by atoms with Crippen molar-refractivity contribution in [1.82, 2.24) is 9.29 Å². The van der Waals surface area contributed by atoms with E-state index in [4.69, 9.17) is 0 Å². The molecule has 0 unspecified atom stereocenters. The molecule has 0 radical (unpaired) electrons. The topological polar surface area (TPSA) is 79.4 Å². The van der Waals surface area contributed by atoms with Crippen LogP contribution in [0.5, 0.6) is 0 Å². The molecular weight excluding hydrogens is 362 g/mol. The van der Waals surface area contributed by atoms with Gasteiger partial charge in [0.2, 0.25) is 15.9 Å². The Balaban J connectivity index is 1.69. The number of piperidine rings is 1. The van der Waals surface area contributed by atoms with Gasteiger partial charge >= 0.3 is 0 Å². The number of pyridine rings is 1. The van der Waals surface area contributed by atoms with Gasteiger partial charge in [-0.05, 0) is 56.9 Å². The summed E-state index contributed by atoms with van der Waals surface area (Å²) < 4.78 is 27.7. The van der Waals surface area contributed by atoms with E-state index in [9.17, 15) is 13.2 Å². The highest BCUT2D eigenvalue weighted by molar-refractivity contribution is 7.89. The zero-order valence-corrected chi connectivity index (χ0v) is 16.7. The van der Waals surface area contributed by atoms with Crippen molar-refractivity contribution in [2.75, 3.05) is 18.4 Å². The number of carbonyl (C=O) groups excluding carboxylic acids is 1. The molecular formula is C20H25N3O3S. The van der Waals surface area contributed by atoms with E-state index in [0.29, 0.717) is 36.6 Å². The van der Waals surface area contributed by atoms with Gasteiger partial charge in [0.05, 0.1) is 4.90 Å². The summed E-state index contributed by atoms with van der Waals surface area (Å²) in [5.41, 5.74) is 2.58. The molecule has 0 spiro atoms. The number of aromatic nitrogens is 1. The number of hydrogen-bond donors (Lipinski definition) is 1. The summed E-state index contributed by atoms with van der Waals surface area (Å²) in [4.78, 5) is 16.9. The molecule has 0 atom stereocenters. The molecule has 2 heterocycles. The van der Waals surface area contributed by atoms with Crippen molar-refractivity contribution < 1.29 is 13.2 Å². The van der Waals surface area contributed by atoms with Gasteiger partial charge in [-0.3, -0.25) is 4.79 Å². The van der Waals surface area contributed by atoms with Gasteiger partial charge in [-0.15, -0.1) is 0 Å². The Bertz CT molecular complexity index is 911. The lowest BCUT2D eigenvalue weighted by atomic mass is 9.97. The quantitative estimate of drug-likeness (QED) is 0.874. The Hall–Kier alpha value is -2.25. The van der Waals surface area contributed by atoms with Gasteiger partial charge in [0.15, 0.2) is 0 Å². The summed E-state index contributed by atoms with van der Waals surface area (Å²) in [7, 11) is -3.56. The van der Waals surface area contributed by atoms with Crippen molar-refractivity contribution >= 4 is 21.7 Å². The van der Waals surface area contributed by atoms with Gasteiger partial charge in [0, 0.05) is 25.2 Å². The fourth-order valence-electron chi connectivity index (χ4n) is 3.73. The molecule has 1 N–H and O–H groups in total. The molecule has 1 fully saturated rings. The highest BCUT2D eigenvalue weighted by Crippen LogP contribution is 2.29. The third-order valence-electron chi connectivity index (χ3n) is 4.94. The van der Waals surface area contributed by atoms with E-state index in [-0.39, 0.29) is 11.8 Å². The molecule has 1 saturated heterocycles. The Morgan fingerprint density at radius 2 is 1.74 bits per heavy atom. The van der Waals surface area contributed by atoms with Crippen LogP contribution in [-0.2, 0) is 14.8 Å². The number of nitrogens with one attached hydrogen (secondary N) is 1. The van der Waals surface area contributed by atoms with Crippen LogP contribution in [0.1, 0.15) is 29.5 Å². The van der Waals surface area contributed by atoms with E-state index in [2.05, 4.69) is 10.3 Å². The van der Waals surface area contributed by atoms with Gasteiger partial charge in [0.25, 0.3) is 0 Å². The molecule has 0 saturated carbocycles. The van der Waals surface area contributed by atoms with Crippen LogP contribution in [0.2, 0.25) is 0 Å². The predicted octanol–water partition coefficient (Wildman–Crippen LogP) is 3.05. The molecule has 27 heavy (non-hydrogen) atoms. The number of rotatable bonds is 4. The summed E-state index contributed by atoms with van der Waals surface area (Å²) in [5, 5.41) is 2.80. The zero-order valence-electron chi connectivity index (χ0n) is 15.9. The first-order valence-electron chi connectivity index (χ1n) is 9.09. The van der Waals surface area contributed by atoms with E-state index in [0.717, 1.165) is 16.7 Å². The lowest BCUT2D eigenvalue weighted by Crippen LogP contribution is -2.41. The third kappa shape index (κ3) is 4.20. The molecule has 144 valence electrons. The van der Waals surface area contributed by atoms with Crippen molar-refractivity contribution in [2.45, 2.75) is 38.5 Å². The lowest BCUT2D eigenvalue weighted by Gasteiger charge is -2.31. The maximum atomic E-state index is 13.1. The second-order valence-corrected chi connectivity index (χ2v) is 8.99. The van der Waals surface area contributed by atoms with Crippen LogP contribution in [0.3, 0.4) is 0 Å². The largest absolute Gasteiger partial charge is 0.310 e. The minimum Gasteiger partial charge on any atom is -0.310 e. The minimum atomic E-state index is -3.56. The molecule has 0 aliphatic carbocycles. The first kappa shape index (κ1) is 19.5. The van der Waals surface area contributed by atoms with E-state index < -0.39 is 10.0 Å². The maximum Gasteiger partial charge on any atom is 0.243 e. The number of anilines is 1. The van der Waals surface area contributed by atoms with Crippen LogP contribution in [0.15, 0.2) is 41.4 Å². The smallest absolute Gasteiger partial charge is 0.243 e. The Morgan fingerprint density at radius 1 is 1.11 bits per heavy atom. The van der Waals surface area contributed by atoms with Crippen molar-refractivity contribution in [2.24, 2.45) is 5.92 Å². The normalized spacial score (nSPS) is 16.3. The molecule has 1 aliphatic heterocycles. The summed E-state index contributed by atoms with van der Waals surface area (Å²) in [5.74, 6) is 0.204. The van der Waals surface area contributed by atoms with E-state index in [1.165, 1.54) is 4.31 Å². The molecule has 1 amide bonds. The minimum absolute atomic E-state index is 0.103. The SMILES string of the molecule is Cc1cc(C)c(S(=O)(=O)N2CCC(C(=O)Nc3ccccn3)CC2)c(C)c1. The van der Waals surface area contributed by atoms with Crippen LogP contribution < -0.4 is 5.32 Å². The summed E-state index contributed by atoms with van der Waals surface area (Å²) in [6.45, 7) is 6.31. The van der Waals surface area contributed by atoms with Crippen molar-refractivity contribution in [1.29, 1.82) is 0 Å². The summed E-state index contributed by atoms with van der Waals surface area (Å²) >= 11 is 0. The predicted molar refractivity (Wildman–Crippen MR) is 105 cm³/mol. The molecule has 1 aromatic carbocycles. The average Bonchev–Trinajstić information content (AvgIpc) is 2.61. The van der Waals surface area contributed by atoms with Crippen LogP contribution in [0, 0.1) is 26.7 Å². The second kappa shape index (κ2) is 7.78. The number of aryl methyl sites for hydroxylation is 3. The summed E-state index contributed by atoms with van der Waals surface area (Å²) in [6.07, 6.45) is 2.63. The molecule has 6 nitrogen and oxygen atoms in total. The van der Waals surface area contributed by atoms with Crippen LogP contribution in [0.4, 0.5) is 5.82 Å². The van der Waals surface area contributed by atoms with Crippen molar-refractivity contribution in [3.8, 4) is 0 Å². The van der Waals surface area contributed by atoms with Crippen molar-refractivity contribution in [3.63, 3.8) is 0 Å².